The molecule has 1 N–H and O–H groups in total. The van der Waals surface area contributed by atoms with Crippen molar-refractivity contribution >= 4 is 12.4 Å². The van der Waals surface area contributed by atoms with E-state index in [0.29, 0.717) is 44.4 Å². The summed E-state index contributed by atoms with van der Waals surface area (Å²) in [6.07, 6.45) is 0.842. The Morgan fingerprint density at radius 1 is 1.44 bits per heavy atom. The average molecular weight is 252 g/mol. The molecule has 0 unspecified atom stereocenters. The highest BCUT2D eigenvalue weighted by Gasteiger charge is 2.17. The first-order valence-electron chi connectivity index (χ1n) is 5.76. The summed E-state index contributed by atoms with van der Waals surface area (Å²) in [6, 6.07) is 1.43. The van der Waals surface area contributed by atoms with Gasteiger partial charge in [-0.15, -0.1) is 0 Å². The van der Waals surface area contributed by atoms with Crippen molar-refractivity contribution in [2.24, 2.45) is 0 Å². The van der Waals surface area contributed by atoms with Gasteiger partial charge in [-0.1, -0.05) is 0 Å². The minimum Gasteiger partial charge on any atom is -0.378 e. The highest BCUT2D eigenvalue weighted by molar-refractivity contribution is 5.48. The molecule has 0 spiro atoms. The van der Waals surface area contributed by atoms with Crippen LogP contribution < -0.4 is 10.5 Å². The minimum atomic E-state index is -0.190. The van der Waals surface area contributed by atoms with E-state index >= 15 is 0 Å². The van der Waals surface area contributed by atoms with E-state index in [9.17, 15) is 9.59 Å². The Balaban J connectivity index is 2.13. The van der Waals surface area contributed by atoms with Gasteiger partial charge in [0.25, 0.3) is 5.56 Å². The molecule has 2 rings (SSSR count). The summed E-state index contributed by atoms with van der Waals surface area (Å²) in [5.41, 5.74) is 0.416. The van der Waals surface area contributed by atoms with E-state index in [-0.39, 0.29) is 5.56 Å². The van der Waals surface area contributed by atoms with Crippen LogP contribution in [0.5, 0.6) is 0 Å². The molecule has 1 fully saturated rings. The normalized spacial score (nSPS) is 15.8. The van der Waals surface area contributed by atoms with Gasteiger partial charge in [-0.3, -0.25) is 14.6 Å². The first-order chi connectivity index (χ1) is 8.72. The van der Waals surface area contributed by atoms with Crippen LogP contribution in [0.25, 0.3) is 0 Å². The van der Waals surface area contributed by atoms with Gasteiger partial charge in [-0.2, -0.15) is 0 Å². The highest BCUT2D eigenvalue weighted by atomic mass is 16.5. The van der Waals surface area contributed by atoms with Crippen LogP contribution in [0, 0.1) is 0 Å². The minimum absolute atomic E-state index is 0.190. The molecule has 0 saturated carbocycles. The van der Waals surface area contributed by atoms with Crippen LogP contribution in [0.15, 0.2) is 10.9 Å². The number of carbonyl (C=O) groups is 1. The predicted molar refractivity (Wildman–Crippen MR) is 65.4 cm³/mol. The van der Waals surface area contributed by atoms with Crippen molar-refractivity contribution in [3.63, 3.8) is 0 Å². The number of methoxy groups -OCH3 is 1. The number of nitrogens with zero attached hydrogens (tertiary/aromatic N) is 3. The zero-order chi connectivity index (χ0) is 13.0. The lowest BCUT2D eigenvalue weighted by atomic mass is 10.3. The van der Waals surface area contributed by atoms with Crippen molar-refractivity contribution in [3.8, 4) is 0 Å². The van der Waals surface area contributed by atoms with E-state index in [2.05, 4.69) is 9.97 Å². The standard InChI is InChI=1S/C11H16N4O3/c1-18-7-9-6-10(17)13-11(12-9)15-4-2-14(8-16)3-5-15/h6,8H,2-5,7H2,1H3,(H,12,13,17). The van der Waals surface area contributed by atoms with Crippen molar-refractivity contribution in [1.29, 1.82) is 0 Å². The van der Waals surface area contributed by atoms with E-state index in [1.54, 1.807) is 12.0 Å². The Hall–Kier alpha value is -1.89. The van der Waals surface area contributed by atoms with Crippen LogP contribution in [-0.2, 0) is 16.1 Å². The van der Waals surface area contributed by atoms with Crippen molar-refractivity contribution in [2.45, 2.75) is 6.61 Å². The Morgan fingerprint density at radius 2 is 2.17 bits per heavy atom. The lowest BCUT2D eigenvalue weighted by Gasteiger charge is -2.32. The first kappa shape index (κ1) is 12.6. The van der Waals surface area contributed by atoms with Crippen LogP contribution in [-0.4, -0.2) is 54.6 Å². The summed E-state index contributed by atoms with van der Waals surface area (Å²) in [5, 5.41) is 0. The molecule has 1 amide bonds. The van der Waals surface area contributed by atoms with Gasteiger partial charge >= 0.3 is 0 Å². The summed E-state index contributed by atoms with van der Waals surface area (Å²) in [5.74, 6) is 0.542. The maximum absolute atomic E-state index is 11.5. The number of anilines is 1. The van der Waals surface area contributed by atoms with E-state index in [4.69, 9.17) is 4.74 Å². The molecule has 0 aromatic carbocycles. The topological polar surface area (TPSA) is 78.5 Å². The number of hydrogen-bond acceptors (Lipinski definition) is 5. The van der Waals surface area contributed by atoms with Crippen LogP contribution in [0.1, 0.15) is 5.69 Å². The Labute approximate surface area is 104 Å². The Morgan fingerprint density at radius 3 is 2.78 bits per heavy atom. The second kappa shape index (κ2) is 5.63. The van der Waals surface area contributed by atoms with Gasteiger partial charge < -0.3 is 14.5 Å². The number of piperazine rings is 1. The highest BCUT2D eigenvalue weighted by Crippen LogP contribution is 2.09. The van der Waals surface area contributed by atoms with Gasteiger partial charge in [0.2, 0.25) is 12.4 Å². The summed E-state index contributed by atoms with van der Waals surface area (Å²) >= 11 is 0. The van der Waals surface area contributed by atoms with Crippen LogP contribution in [0.4, 0.5) is 5.95 Å². The molecule has 0 aliphatic carbocycles. The number of aromatic nitrogens is 2. The van der Waals surface area contributed by atoms with E-state index in [1.165, 1.54) is 6.07 Å². The van der Waals surface area contributed by atoms with Gasteiger partial charge in [-0.05, 0) is 0 Å². The van der Waals surface area contributed by atoms with Crippen molar-refractivity contribution in [3.05, 3.63) is 22.1 Å². The van der Waals surface area contributed by atoms with Gasteiger partial charge in [0.1, 0.15) is 0 Å². The summed E-state index contributed by atoms with van der Waals surface area (Å²) in [4.78, 5) is 32.8. The van der Waals surface area contributed by atoms with Gasteiger partial charge in [0, 0.05) is 39.4 Å². The zero-order valence-electron chi connectivity index (χ0n) is 10.3. The number of hydrogen-bond donors (Lipinski definition) is 1. The molecule has 0 atom stereocenters. The number of carbonyl (C=O) groups excluding carboxylic acids is 1. The van der Waals surface area contributed by atoms with E-state index in [1.807, 2.05) is 4.90 Å². The Kier molecular flexibility index (Phi) is 3.93. The first-order valence-corrected chi connectivity index (χ1v) is 5.76. The van der Waals surface area contributed by atoms with E-state index in [0.717, 1.165) is 6.41 Å². The van der Waals surface area contributed by atoms with Gasteiger partial charge in [-0.25, -0.2) is 4.98 Å². The fourth-order valence-corrected chi connectivity index (χ4v) is 1.90. The number of nitrogens with one attached hydrogen (secondary N) is 1. The molecular weight excluding hydrogens is 236 g/mol. The molecule has 98 valence electrons. The number of H-pyrrole nitrogens is 1. The molecule has 0 bridgehead atoms. The molecule has 0 radical (unpaired) electrons. The number of rotatable bonds is 4. The van der Waals surface area contributed by atoms with Crippen LogP contribution in [0.3, 0.4) is 0 Å². The van der Waals surface area contributed by atoms with Gasteiger partial charge in [0.05, 0.1) is 12.3 Å². The maximum Gasteiger partial charge on any atom is 0.252 e. The fraction of sp³-hybridized carbons (Fsp3) is 0.545. The molecule has 2 heterocycles. The molecule has 1 aromatic heterocycles. The van der Waals surface area contributed by atoms with E-state index < -0.39 is 0 Å². The molecular formula is C11H16N4O3. The fourth-order valence-electron chi connectivity index (χ4n) is 1.90. The third-order valence-electron chi connectivity index (χ3n) is 2.84. The van der Waals surface area contributed by atoms with Crippen molar-refractivity contribution < 1.29 is 9.53 Å². The molecule has 7 nitrogen and oxygen atoms in total. The average Bonchev–Trinajstić information content (AvgIpc) is 2.38. The molecule has 1 aromatic rings. The monoisotopic (exact) mass is 252 g/mol. The lowest BCUT2D eigenvalue weighted by Crippen LogP contribution is -2.46. The molecule has 18 heavy (non-hydrogen) atoms. The molecule has 1 aliphatic heterocycles. The quantitative estimate of drug-likeness (QED) is 0.709. The summed E-state index contributed by atoms with van der Waals surface area (Å²) in [7, 11) is 1.56. The lowest BCUT2D eigenvalue weighted by molar-refractivity contribution is -0.118. The van der Waals surface area contributed by atoms with Crippen LogP contribution in [0.2, 0.25) is 0 Å². The summed E-state index contributed by atoms with van der Waals surface area (Å²) in [6.45, 7) is 2.92. The zero-order valence-corrected chi connectivity index (χ0v) is 10.3. The van der Waals surface area contributed by atoms with Crippen molar-refractivity contribution in [1.82, 2.24) is 14.9 Å². The van der Waals surface area contributed by atoms with Crippen LogP contribution >= 0.6 is 0 Å². The maximum atomic E-state index is 11.5. The molecule has 1 saturated heterocycles. The number of amides is 1. The third kappa shape index (κ3) is 2.86. The second-order valence-corrected chi connectivity index (χ2v) is 4.12. The Bertz CT molecular complexity index is 466. The predicted octanol–water partition coefficient (Wildman–Crippen LogP) is -0.805. The smallest absolute Gasteiger partial charge is 0.252 e. The second-order valence-electron chi connectivity index (χ2n) is 4.12. The number of aromatic amines is 1. The molecule has 1 aliphatic rings. The van der Waals surface area contributed by atoms with Crippen molar-refractivity contribution in [2.75, 3.05) is 38.2 Å². The summed E-state index contributed by atoms with van der Waals surface area (Å²) < 4.78 is 4.97. The largest absolute Gasteiger partial charge is 0.378 e. The van der Waals surface area contributed by atoms with Gasteiger partial charge in [0.15, 0.2) is 0 Å². The SMILES string of the molecule is COCc1cc(=O)[nH]c(N2CCN(C=O)CC2)n1. The molecule has 7 heteroatoms. The number of ether oxygens (including phenoxy) is 1. The third-order valence-corrected chi connectivity index (χ3v) is 2.84.